The highest BCUT2D eigenvalue weighted by Crippen LogP contribution is 2.45. The molecule has 6 heteroatoms. The molecule has 2 aliphatic rings. The van der Waals surface area contributed by atoms with E-state index in [1.54, 1.807) is 6.07 Å². The number of anilines is 2. The SMILES string of the molecule is CC[C@@H]1c2ccc(Cl)cc2NC1Oc1cc(Cl)c2c(c1)[C@@H](C(C)C)C(=O)N2. The highest BCUT2D eigenvalue weighted by atomic mass is 35.5. The first-order valence-corrected chi connectivity index (χ1v) is 10.0. The first-order valence-electron chi connectivity index (χ1n) is 9.26. The van der Waals surface area contributed by atoms with Crippen LogP contribution in [0.2, 0.25) is 10.0 Å². The molecular weight excluding hydrogens is 383 g/mol. The Morgan fingerprint density at radius 1 is 1.15 bits per heavy atom. The Kier molecular flexibility index (Phi) is 4.73. The number of carbonyl (C=O) groups is 1. The summed E-state index contributed by atoms with van der Waals surface area (Å²) in [4.78, 5) is 12.3. The van der Waals surface area contributed by atoms with Gasteiger partial charge in [-0.3, -0.25) is 4.79 Å². The summed E-state index contributed by atoms with van der Waals surface area (Å²) in [5.41, 5.74) is 3.82. The maximum absolute atomic E-state index is 12.3. The Morgan fingerprint density at radius 2 is 1.93 bits per heavy atom. The number of carbonyl (C=O) groups excluding carboxylic acids is 1. The molecule has 0 aromatic heterocycles. The van der Waals surface area contributed by atoms with E-state index in [-0.39, 0.29) is 29.9 Å². The molecular formula is C21H22Cl2N2O2. The molecule has 0 saturated heterocycles. The quantitative estimate of drug-likeness (QED) is 0.655. The summed E-state index contributed by atoms with van der Waals surface area (Å²) in [7, 11) is 0. The Morgan fingerprint density at radius 3 is 2.63 bits per heavy atom. The molecule has 2 N–H and O–H groups in total. The van der Waals surface area contributed by atoms with E-state index in [1.165, 1.54) is 5.56 Å². The van der Waals surface area contributed by atoms with E-state index < -0.39 is 0 Å². The second-order valence-corrected chi connectivity index (χ2v) is 8.35. The van der Waals surface area contributed by atoms with E-state index >= 15 is 0 Å². The van der Waals surface area contributed by atoms with Crippen LogP contribution < -0.4 is 15.4 Å². The largest absolute Gasteiger partial charge is 0.470 e. The number of fused-ring (bicyclic) bond motifs is 2. The molecule has 2 aromatic carbocycles. The van der Waals surface area contributed by atoms with Crippen molar-refractivity contribution < 1.29 is 9.53 Å². The molecule has 0 spiro atoms. The molecule has 0 aliphatic carbocycles. The topological polar surface area (TPSA) is 50.4 Å². The standard InChI is InChI=1S/C21H22Cl2N2O2/c1-4-13-14-6-5-11(22)7-17(14)24-21(13)27-12-8-15-18(10(2)3)20(26)25-19(15)16(23)9-12/h5-10,13,18,21,24H,4H2,1-3H3,(H,25,26)/t13-,18-,21?/m1/s1. The van der Waals surface area contributed by atoms with Crippen molar-refractivity contribution in [2.24, 2.45) is 5.92 Å². The lowest BCUT2D eigenvalue weighted by Gasteiger charge is -2.22. The lowest BCUT2D eigenvalue weighted by atomic mass is 9.89. The second-order valence-electron chi connectivity index (χ2n) is 7.51. The van der Waals surface area contributed by atoms with Crippen molar-refractivity contribution in [3.05, 3.63) is 51.5 Å². The fraction of sp³-hybridized carbons (Fsp3) is 0.381. The monoisotopic (exact) mass is 404 g/mol. The third-order valence-electron chi connectivity index (χ3n) is 5.41. The molecule has 2 aromatic rings. The number of ether oxygens (including phenoxy) is 1. The van der Waals surface area contributed by atoms with Gasteiger partial charge in [0.25, 0.3) is 0 Å². The van der Waals surface area contributed by atoms with Crippen molar-refractivity contribution in [3.8, 4) is 5.75 Å². The molecule has 4 rings (SSSR count). The number of benzene rings is 2. The van der Waals surface area contributed by atoms with Gasteiger partial charge in [-0.05, 0) is 41.7 Å². The van der Waals surface area contributed by atoms with Crippen LogP contribution in [0.4, 0.5) is 11.4 Å². The number of amides is 1. The molecule has 4 nitrogen and oxygen atoms in total. The van der Waals surface area contributed by atoms with Crippen molar-refractivity contribution in [3.63, 3.8) is 0 Å². The Hall–Kier alpha value is -1.91. The van der Waals surface area contributed by atoms with Crippen LogP contribution in [0.15, 0.2) is 30.3 Å². The summed E-state index contributed by atoms with van der Waals surface area (Å²) < 4.78 is 6.29. The average Bonchev–Trinajstić information content (AvgIpc) is 3.11. The minimum Gasteiger partial charge on any atom is -0.470 e. The molecule has 1 unspecified atom stereocenters. The van der Waals surface area contributed by atoms with Crippen molar-refractivity contribution in [1.29, 1.82) is 0 Å². The summed E-state index contributed by atoms with van der Waals surface area (Å²) in [6.45, 7) is 6.21. The minimum atomic E-state index is -0.212. The van der Waals surface area contributed by atoms with E-state index in [2.05, 4.69) is 23.6 Å². The molecule has 2 heterocycles. The molecule has 2 aliphatic heterocycles. The van der Waals surface area contributed by atoms with Gasteiger partial charge in [0, 0.05) is 22.7 Å². The van der Waals surface area contributed by atoms with E-state index in [0.717, 1.165) is 17.7 Å². The summed E-state index contributed by atoms with van der Waals surface area (Å²) >= 11 is 12.6. The molecule has 0 fully saturated rings. The normalized spacial score (nSPS) is 23.0. The van der Waals surface area contributed by atoms with E-state index in [1.807, 2.05) is 32.0 Å². The van der Waals surface area contributed by atoms with Crippen molar-refractivity contribution in [1.82, 2.24) is 0 Å². The summed E-state index contributed by atoms with van der Waals surface area (Å²) in [5.74, 6) is 0.833. The van der Waals surface area contributed by atoms with Gasteiger partial charge in [0.05, 0.1) is 16.6 Å². The van der Waals surface area contributed by atoms with Crippen molar-refractivity contribution in [2.45, 2.75) is 45.3 Å². The minimum absolute atomic E-state index is 0.00785. The summed E-state index contributed by atoms with van der Waals surface area (Å²) in [5, 5.41) is 7.53. The smallest absolute Gasteiger partial charge is 0.232 e. The van der Waals surface area contributed by atoms with Gasteiger partial charge in [0.15, 0.2) is 6.23 Å². The van der Waals surface area contributed by atoms with Crippen LogP contribution in [0.1, 0.15) is 50.2 Å². The number of halogens is 2. The van der Waals surface area contributed by atoms with Crippen LogP contribution in [0, 0.1) is 5.92 Å². The van der Waals surface area contributed by atoms with Crippen molar-refractivity contribution in [2.75, 3.05) is 10.6 Å². The van der Waals surface area contributed by atoms with Crippen LogP contribution in [0.25, 0.3) is 0 Å². The predicted octanol–water partition coefficient (Wildman–Crippen LogP) is 6.01. The number of nitrogens with one attached hydrogen (secondary N) is 2. The zero-order chi connectivity index (χ0) is 19.3. The summed E-state index contributed by atoms with van der Waals surface area (Å²) in [6, 6.07) is 9.59. The fourth-order valence-electron chi connectivity index (χ4n) is 4.14. The van der Waals surface area contributed by atoms with Crippen LogP contribution in [-0.4, -0.2) is 12.1 Å². The van der Waals surface area contributed by atoms with Gasteiger partial charge in [-0.25, -0.2) is 0 Å². The van der Waals surface area contributed by atoms with Gasteiger partial charge in [-0.15, -0.1) is 0 Å². The number of hydrogen-bond donors (Lipinski definition) is 2. The van der Waals surface area contributed by atoms with Gasteiger partial charge in [0.2, 0.25) is 5.91 Å². The molecule has 0 saturated carbocycles. The Labute approximate surface area is 169 Å². The van der Waals surface area contributed by atoms with Crippen LogP contribution in [0.5, 0.6) is 5.75 Å². The molecule has 0 bridgehead atoms. The van der Waals surface area contributed by atoms with Crippen molar-refractivity contribution >= 4 is 40.5 Å². The van der Waals surface area contributed by atoms with Gasteiger partial charge >= 0.3 is 0 Å². The third kappa shape index (κ3) is 3.15. The van der Waals surface area contributed by atoms with E-state index in [0.29, 0.717) is 21.5 Å². The number of hydrogen-bond acceptors (Lipinski definition) is 3. The second kappa shape index (κ2) is 6.92. The van der Waals surface area contributed by atoms with E-state index in [4.69, 9.17) is 27.9 Å². The predicted molar refractivity (Wildman–Crippen MR) is 110 cm³/mol. The van der Waals surface area contributed by atoms with Crippen LogP contribution in [0.3, 0.4) is 0 Å². The zero-order valence-electron chi connectivity index (χ0n) is 15.5. The van der Waals surface area contributed by atoms with Gasteiger partial charge < -0.3 is 15.4 Å². The summed E-state index contributed by atoms with van der Waals surface area (Å²) in [6.07, 6.45) is 0.722. The molecule has 0 radical (unpaired) electrons. The van der Waals surface area contributed by atoms with Crippen LogP contribution >= 0.6 is 23.2 Å². The molecule has 27 heavy (non-hydrogen) atoms. The highest BCUT2D eigenvalue weighted by Gasteiger charge is 2.36. The lowest BCUT2D eigenvalue weighted by molar-refractivity contribution is -0.117. The third-order valence-corrected chi connectivity index (χ3v) is 5.94. The Bertz CT molecular complexity index is 913. The highest BCUT2D eigenvalue weighted by molar-refractivity contribution is 6.34. The zero-order valence-corrected chi connectivity index (χ0v) is 17.0. The van der Waals surface area contributed by atoms with Gasteiger partial charge in [-0.2, -0.15) is 0 Å². The Balaban J connectivity index is 1.65. The first-order chi connectivity index (χ1) is 12.9. The number of rotatable bonds is 4. The first kappa shape index (κ1) is 18.5. The average molecular weight is 405 g/mol. The van der Waals surface area contributed by atoms with Gasteiger partial charge in [0.1, 0.15) is 5.75 Å². The molecule has 1 amide bonds. The fourth-order valence-corrected chi connectivity index (χ4v) is 4.57. The van der Waals surface area contributed by atoms with Gasteiger partial charge in [-0.1, -0.05) is 50.0 Å². The van der Waals surface area contributed by atoms with E-state index in [9.17, 15) is 4.79 Å². The maximum Gasteiger partial charge on any atom is 0.232 e. The molecule has 3 atom stereocenters. The lowest BCUT2D eigenvalue weighted by Crippen LogP contribution is -2.27. The maximum atomic E-state index is 12.3. The molecule has 142 valence electrons. The van der Waals surface area contributed by atoms with Crippen LogP contribution in [-0.2, 0) is 4.79 Å².